The standard InChI is InChI=1S/C28H29N3O6S/c1-18(16-35-2)36-23-13-21(27-30-25-4-3-10-29-28(25)31-27)14-24(15-23)37-22-7-5-20(6-8-22)26(32)12-19-9-11-38(33,34)17-19/h3-8,10,13-15,18-19H,9,11-12,16-17H2,1-2H3,(H,29,30,31)/t18-,19?/m0/s1. The number of aromatic nitrogens is 3. The SMILES string of the molecule is COC[C@H](C)Oc1cc(Oc2ccc(C(=O)CC3CCS(=O)(=O)C3)cc2)cc(-c2nc3ncccc3[nH]2)c1. The van der Waals surface area contributed by atoms with Crippen molar-refractivity contribution in [3.05, 3.63) is 66.4 Å². The van der Waals surface area contributed by atoms with Gasteiger partial charge in [-0.05, 0) is 67.8 Å². The molecule has 1 aliphatic rings. The molecule has 1 saturated heterocycles. The van der Waals surface area contributed by atoms with E-state index in [9.17, 15) is 13.2 Å². The van der Waals surface area contributed by atoms with Crippen LogP contribution in [0.4, 0.5) is 0 Å². The van der Waals surface area contributed by atoms with Crippen molar-refractivity contribution in [1.82, 2.24) is 15.0 Å². The van der Waals surface area contributed by atoms with Gasteiger partial charge in [-0.25, -0.2) is 18.4 Å². The fourth-order valence-corrected chi connectivity index (χ4v) is 6.44. The first-order chi connectivity index (χ1) is 18.3. The highest BCUT2D eigenvalue weighted by molar-refractivity contribution is 7.91. The Kier molecular flexibility index (Phi) is 7.44. The predicted molar refractivity (Wildman–Crippen MR) is 144 cm³/mol. The molecule has 2 aromatic heterocycles. The monoisotopic (exact) mass is 535 g/mol. The van der Waals surface area contributed by atoms with E-state index < -0.39 is 9.84 Å². The van der Waals surface area contributed by atoms with E-state index in [4.69, 9.17) is 14.2 Å². The molecule has 38 heavy (non-hydrogen) atoms. The first kappa shape index (κ1) is 25.9. The third kappa shape index (κ3) is 6.20. The number of nitrogens with zero attached hydrogens (tertiary/aromatic N) is 2. The average Bonchev–Trinajstić information content (AvgIpc) is 3.47. The van der Waals surface area contributed by atoms with E-state index in [2.05, 4.69) is 15.0 Å². The minimum atomic E-state index is -3.01. The lowest BCUT2D eigenvalue weighted by molar-refractivity contribution is 0.0920. The Bertz CT molecular complexity index is 1520. The van der Waals surface area contributed by atoms with Crippen LogP contribution in [0.5, 0.6) is 17.2 Å². The zero-order valence-electron chi connectivity index (χ0n) is 21.2. The summed E-state index contributed by atoms with van der Waals surface area (Å²) < 4.78 is 40.8. The number of rotatable bonds is 10. The van der Waals surface area contributed by atoms with Gasteiger partial charge < -0.3 is 19.2 Å². The van der Waals surface area contributed by atoms with Crippen LogP contribution in [0.15, 0.2) is 60.8 Å². The average molecular weight is 536 g/mol. The van der Waals surface area contributed by atoms with Crippen molar-refractivity contribution in [3.63, 3.8) is 0 Å². The van der Waals surface area contributed by atoms with E-state index in [0.29, 0.717) is 47.3 Å². The van der Waals surface area contributed by atoms with Gasteiger partial charge in [0.05, 0.1) is 23.6 Å². The number of nitrogens with one attached hydrogen (secondary N) is 1. The van der Waals surface area contributed by atoms with Gasteiger partial charge in [-0.15, -0.1) is 0 Å². The van der Waals surface area contributed by atoms with Gasteiger partial charge in [-0.1, -0.05) is 0 Å². The van der Waals surface area contributed by atoms with E-state index in [-0.39, 0.29) is 35.7 Å². The minimum absolute atomic E-state index is 0.0676. The normalized spacial score (nSPS) is 17.4. The molecule has 1 unspecified atom stereocenters. The Balaban J connectivity index is 1.36. The molecule has 2 atom stereocenters. The quantitative estimate of drug-likeness (QED) is 0.287. The summed E-state index contributed by atoms with van der Waals surface area (Å²) in [4.78, 5) is 24.8. The number of ketones is 1. The van der Waals surface area contributed by atoms with Crippen molar-refractivity contribution in [1.29, 1.82) is 0 Å². The lowest BCUT2D eigenvalue weighted by Crippen LogP contribution is -2.17. The molecule has 0 radical (unpaired) electrons. The number of imidazole rings is 1. The maximum atomic E-state index is 12.7. The molecule has 0 spiro atoms. The van der Waals surface area contributed by atoms with Crippen molar-refractivity contribution < 1.29 is 27.4 Å². The molecule has 10 heteroatoms. The fraction of sp³-hybridized carbons (Fsp3) is 0.321. The number of carbonyl (C=O) groups excluding carboxylic acids is 1. The summed E-state index contributed by atoms with van der Waals surface area (Å²) in [7, 11) is -1.39. The number of H-pyrrole nitrogens is 1. The number of pyridine rings is 1. The molecule has 1 N–H and O–H groups in total. The molecule has 0 aliphatic carbocycles. The first-order valence-corrected chi connectivity index (χ1v) is 14.2. The predicted octanol–water partition coefficient (Wildman–Crippen LogP) is 4.84. The van der Waals surface area contributed by atoms with Crippen molar-refractivity contribution >= 4 is 26.8 Å². The van der Waals surface area contributed by atoms with Gasteiger partial charge in [0.25, 0.3) is 0 Å². The molecule has 3 heterocycles. The highest BCUT2D eigenvalue weighted by Crippen LogP contribution is 2.33. The Labute approximate surface area is 221 Å². The number of fused-ring (bicyclic) bond motifs is 1. The zero-order chi connectivity index (χ0) is 26.7. The number of sulfone groups is 1. The molecule has 5 rings (SSSR count). The van der Waals surface area contributed by atoms with Crippen LogP contribution >= 0.6 is 0 Å². The van der Waals surface area contributed by atoms with Gasteiger partial charge in [-0.3, -0.25) is 4.79 Å². The third-order valence-electron chi connectivity index (χ3n) is 6.36. The molecule has 2 aromatic carbocycles. The van der Waals surface area contributed by atoms with Crippen LogP contribution in [0, 0.1) is 5.92 Å². The number of hydrogen-bond acceptors (Lipinski definition) is 8. The van der Waals surface area contributed by atoms with Gasteiger partial charge >= 0.3 is 0 Å². The molecule has 4 aromatic rings. The summed E-state index contributed by atoms with van der Waals surface area (Å²) in [5, 5.41) is 0. The summed E-state index contributed by atoms with van der Waals surface area (Å²) in [6, 6.07) is 16.1. The Morgan fingerprint density at radius 2 is 1.89 bits per heavy atom. The summed E-state index contributed by atoms with van der Waals surface area (Å²) in [5.41, 5.74) is 2.72. The second-order valence-electron chi connectivity index (χ2n) is 9.56. The number of Topliss-reactive ketones (excluding diaryl/α,β-unsaturated/α-hetero) is 1. The van der Waals surface area contributed by atoms with Gasteiger partial charge in [0.15, 0.2) is 21.3 Å². The zero-order valence-corrected chi connectivity index (χ0v) is 22.0. The highest BCUT2D eigenvalue weighted by Gasteiger charge is 2.29. The second-order valence-corrected chi connectivity index (χ2v) is 11.8. The van der Waals surface area contributed by atoms with E-state index in [1.165, 1.54) is 0 Å². The molecular weight excluding hydrogens is 506 g/mol. The van der Waals surface area contributed by atoms with Crippen LogP contribution in [0.25, 0.3) is 22.6 Å². The van der Waals surface area contributed by atoms with Crippen molar-refractivity contribution in [3.8, 4) is 28.6 Å². The molecule has 9 nitrogen and oxygen atoms in total. The molecule has 198 valence electrons. The maximum Gasteiger partial charge on any atom is 0.178 e. The topological polar surface area (TPSA) is 120 Å². The first-order valence-electron chi connectivity index (χ1n) is 12.4. The molecule has 1 aliphatic heterocycles. The smallest absolute Gasteiger partial charge is 0.178 e. The lowest BCUT2D eigenvalue weighted by atomic mass is 9.98. The van der Waals surface area contributed by atoms with Crippen LogP contribution < -0.4 is 9.47 Å². The van der Waals surface area contributed by atoms with Crippen molar-refractivity contribution in [2.45, 2.75) is 25.9 Å². The van der Waals surface area contributed by atoms with E-state index in [1.54, 1.807) is 43.6 Å². The highest BCUT2D eigenvalue weighted by atomic mass is 32.2. The van der Waals surface area contributed by atoms with Crippen molar-refractivity contribution in [2.75, 3.05) is 25.2 Å². The minimum Gasteiger partial charge on any atom is -0.488 e. The largest absolute Gasteiger partial charge is 0.488 e. The van der Waals surface area contributed by atoms with E-state index in [0.717, 1.165) is 11.1 Å². The summed E-state index contributed by atoms with van der Waals surface area (Å²) in [6.07, 6.45) is 2.28. The van der Waals surface area contributed by atoms with Gasteiger partial charge in [0, 0.05) is 36.9 Å². The Morgan fingerprint density at radius 1 is 1.11 bits per heavy atom. The van der Waals surface area contributed by atoms with E-state index in [1.807, 2.05) is 31.2 Å². The van der Waals surface area contributed by atoms with Gasteiger partial charge in [-0.2, -0.15) is 0 Å². The van der Waals surface area contributed by atoms with Crippen LogP contribution in [0.1, 0.15) is 30.1 Å². The Hall–Kier alpha value is -3.76. The summed E-state index contributed by atoms with van der Waals surface area (Å²) in [5.74, 6) is 2.37. The van der Waals surface area contributed by atoms with E-state index >= 15 is 0 Å². The molecule has 0 amide bonds. The third-order valence-corrected chi connectivity index (χ3v) is 8.20. The number of aromatic amines is 1. The Morgan fingerprint density at radius 3 is 2.61 bits per heavy atom. The van der Waals surface area contributed by atoms with Crippen molar-refractivity contribution in [2.24, 2.45) is 5.92 Å². The molecule has 0 saturated carbocycles. The van der Waals surface area contributed by atoms with Crippen LogP contribution in [0.2, 0.25) is 0 Å². The second kappa shape index (κ2) is 10.9. The van der Waals surface area contributed by atoms with Crippen LogP contribution in [0.3, 0.4) is 0 Å². The van der Waals surface area contributed by atoms with Gasteiger partial charge in [0.2, 0.25) is 0 Å². The maximum absolute atomic E-state index is 12.7. The number of ether oxygens (including phenoxy) is 3. The molecular formula is C28H29N3O6S. The van der Waals surface area contributed by atoms with Crippen LogP contribution in [-0.4, -0.2) is 60.5 Å². The molecule has 1 fully saturated rings. The number of hydrogen-bond donors (Lipinski definition) is 1. The number of carbonyl (C=O) groups is 1. The number of methoxy groups -OCH3 is 1. The number of benzene rings is 2. The molecule has 0 bridgehead atoms. The van der Waals surface area contributed by atoms with Gasteiger partial charge in [0.1, 0.15) is 29.2 Å². The summed E-state index contributed by atoms with van der Waals surface area (Å²) >= 11 is 0. The van der Waals surface area contributed by atoms with Crippen LogP contribution in [-0.2, 0) is 14.6 Å². The fourth-order valence-electron chi connectivity index (χ4n) is 4.58. The summed E-state index contributed by atoms with van der Waals surface area (Å²) in [6.45, 7) is 2.34. The lowest BCUT2D eigenvalue weighted by Gasteiger charge is -2.16.